The summed E-state index contributed by atoms with van der Waals surface area (Å²) in [4.78, 5) is 6.34. The molecule has 5 heteroatoms. The molecule has 1 atom stereocenters. The minimum atomic E-state index is -0.229. The van der Waals surface area contributed by atoms with Crippen LogP contribution >= 0.6 is 12.2 Å². The van der Waals surface area contributed by atoms with Crippen LogP contribution < -0.4 is 10.6 Å². The number of thiocarbonyl (C=S) groups is 1. The molecule has 0 amide bonds. The summed E-state index contributed by atoms with van der Waals surface area (Å²) < 4.78 is 13.9. The van der Waals surface area contributed by atoms with Crippen molar-refractivity contribution >= 4 is 22.9 Å². The first-order chi connectivity index (χ1) is 9.52. The summed E-state index contributed by atoms with van der Waals surface area (Å²) in [5.74, 6) is -0.229. The Labute approximate surface area is 123 Å². The largest absolute Gasteiger partial charge is 0.388 e. The first-order valence-corrected chi connectivity index (χ1v) is 6.65. The van der Waals surface area contributed by atoms with Crippen molar-refractivity contribution in [1.82, 2.24) is 4.98 Å². The summed E-state index contributed by atoms with van der Waals surface area (Å²) >= 11 is 5.01. The molecule has 2 N–H and O–H groups in total. The average molecular weight is 289 g/mol. The van der Waals surface area contributed by atoms with Crippen LogP contribution in [0.2, 0.25) is 0 Å². The fourth-order valence-electron chi connectivity index (χ4n) is 2.10. The molecule has 1 aromatic heterocycles. The predicted octanol–water partition coefficient (Wildman–Crippen LogP) is 3.05. The summed E-state index contributed by atoms with van der Waals surface area (Å²) in [6.45, 7) is 1.93. The van der Waals surface area contributed by atoms with Gasteiger partial charge >= 0.3 is 0 Å². The minimum Gasteiger partial charge on any atom is -0.388 e. The molecule has 1 aromatic carbocycles. The number of hydrogen-bond acceptors (Lipinski definition) is 3. The zero-order chi connectivity index (χ0) is 14.7. The Bertz CT molecular complexity index is 630. The van der Waals surface area contributed by atoms with Crippen LogP contribution in [0.1, 0.15) is 24.2 Å². The lowest BCUT2D eigenvalue weighted by Crippen LogP contribution is -2.26. The number of hydrogen-bond donors (Lipinski definition) is 1. The monoisotopic (exact) mass is 289 g/mol. The molecule has 2 aromatic rings. The molecule has 0 bridgehead atoms. The normalized spacial score (nSPS) is 11.9. The Kier molecular flexibility index (Phi) is 4.29. The SMILES string of the molecule is CC(c1ccccc1F)N(C)c1cccnc1C(N)=S. The van der Waals surface area contributed by atoms with Gasteiger partial charge in [0.1, 0.15) is 16.5 Å². The molecule has 2 rings (SSSR count). The zero-order valence-electron chi connectivity index (χ0n) is 11.4. The van der Waals surface area contributed by atoms with E-state index in [9.17, 15) is 4.39 Å². The fourth-order valence-corrected chi connectivity index (χ4v) is 2.26. The van der Waals surface area contributed by atoms with E-state index in [2.05, 4.69) is 4.98 Å². The van der Waals surface area contributed by atoms with Crippen LogP contribution in [-0.2, 0) is 0 Å². The average Bonchev–Trinajstić information content (AvgIpc) is 2.46. The maximum atomic E-state index is 13.9. The highest BCUT2D eigenvalue weighted by Crippen LogP contribution is 2.28. The standard InChI is InChI=1S/C15H16FN3S/c1-10(11-6-3-4-7-12(11)16)19(2)13-8-5-9-18-14(13)15(17)20/h3-10H,1-2H3,(H2,17,20). The highest BCUT2D eigenvalue weighted by molar-refractivity contribution is 7.80. The molecular formula is C15H16FN3S. The number of nitrogens with zero attached hydrogens (tertiary/aromatic N) is 2. The van der Waals surface area contributed by atoms with Crippen molar-refractivity contribution < 1.29 is 4.39 Å². The van der Waals surface area contributed by atoms with Gasteiger partial charge in [-0.25, -0.2) is 4.39 Å². The van der Waals surface area contributed by atoms with E-state index in [4.69, 9.17) is 18.0 Å². The number of rotatable bonds is 4. The molecule has 0 aliphatic carbocycles. The van der Waals surface area contributed by atoms with Gasteiger partial charge in [0.2, 0.25) is 0 Å². The Hall–Kier alpha value is -2.01. The molecule has 0 saturated carbocycles. The molecule has 0 saturated heterocycles. The van der Waals surface area contributed by atoms with Crippen LogP contribution in [-0.4, -0.2) is 17.0 Å². The van der Waals surface area contributed by atoms with Crippen molar-refractivity contribution in [2.45, 2.75) is 13.0 Å². The van der Waals surface area contributed by atoms with E-state index in [0.29, 0.717) is 11.3 Å². The van der Waals surface area contributed by atoms with Gasteiger partial charge < -0.3 is 10.6 Å². The third-order valence-corrected chi connectivity index (χ3v) is 3.53. The third kappa shape index (κ3) is 2.77. The van der Waals surface area contributed by atoms with Crippen molar-refractivity contribution in [3.8, 4) is 0 Å². The van der Waals surface area contributed by atoms with Gasteiger partial charge in [0.05, 0.1) is 11.7 Å². The van der Waals surface area contributed by atoms with Gasteiger partial charge in [0, 0.05) is 18.8 Å². The summed E-state index contributed by atoms with van der Waals surface area (Å²) in [6, 6.07) is 10.2. The summed E-state index contributed by atoms with van der Waals surface area (Å²) in [5, 5.41) is 0. The highest BCUT2D eigenvalue weighted by atomic mass is 32.1. The van der Waals surface area contributed by atoms with E-state index in [1.54, 1.807) is 18.3 Å². The van der Waals surface area contributed by atoms with Gasteiger partial charge in [-0.15, -0.1) is 0 Å². The molecular weight excluding hydrogens is 273 g/mol. The first-order valence-electron chi connectivity index (χ1n) is 6.24. The lowest BCUT2D eigenvalue weighted by Gasteiger charge is -2.28. The van der Waals surface area contributed by atoms with Gasteiger partial charge in [-0.1, -0.05) is 30.4 Å². The maximum absolute atomic E-state index is 13.9. The van der Waals surface area contributed by atoms with E-state index in [1.165, 1.54) is 6.07 Å². The van der Waals surface area contributed by atoms with Crippen LogP contribution in [0.4, 0.5) is 10.1 Å². The molecule has 20 heavy (non-hydrogen) atoms. The summed E-state index contributed by atoms with van der Waals surface area (Å²) in [7, 11) is 1.87. The minimum absolute atomic E-state index is 0.159. The Morgan fingerprint density at radius 3 is 2.65 bits per heavy atom. The summed E-state index contributed by atoms with van der Waals surface area (Å²) in [6.07, 6.45) is 1.64. The van der Waals surface area contributed by atoms with Crippen LogP contribution in [0.5, 0.6) is 0 Å². The van der Waals surface area contributed by atoms with Crippen molar-refractivity contribution in [1.29, 1.82) is 0 Å². The molecule has 0 fully saturated rings. The molecule has 0 aliphatic heterocycles. The second-order valence-electron chi connectivity index (χ2n) is 4.54. The molecule has 1 unspecified atom stereocenters. The van der Waals surface area contributed by atoms with Crippen LogP contribution in [0.3, 0.4) is 0 Å². The maximum Gasteiger partial charge on any atom is 0.128 e. The van der Waals surface area contributed by atoms with Crippen LogP contribution in [0.15, 0.2) is 42.6 Å². The van der Waals surface area contributed by atoms with Crippen molar-refractivity contribution in [3.63, 3.8) is 0 Å². The van der Waals surface area contributed by atoms with E-state index < -0.39 is 0 Å². The Balaban J connectivity index is 2.39. The number of pyridine rings is 1. The Morgan fingerprint density at radius 1 is 1.30 bits per heavy atom. The van der Waals surface area contributed by atoms with Crippen molar-refractivity contribution in [2.24, 2.45) is 5.73 Å². The molecule has 1 heterocycles. The second kappa shape index (κ2) is 5.96. The molecule has 0 radical (unpaired) electrons. The topological polar surface area (TPSA) is 42.2 Å². The van der Waals surface area contributed by atoms with Gasteiger partial charge in [-0.3, -0.25) is 4.98 Å². The van der Waals surface area contributed by atoms with Crippen molar-refractivity contribution in [2.75, 3.05) is 11.9 Å². The van der Waals surface area contributed by atoms with Gasteiger partial charge in [0.25, 0.3) is 0 Å². The fraction of sp³-hybridized carbons (Fsp3) is 0.200. The number of nitrogens with two attached hydrogens (primary N) is 1. The van der Waals surface area contributed by atoms with E-state index in [1.807, 2.05) is 37.1 Å². The Morgan fingerprint density at radius 2 is 2.00 bits per heavy atom. The van der Waals surface area contributed by atoms with E-state index >= 15 is 0 Å². The number of aromatic nitrogens is 1. The third-order valence-electron chi connectivity index (χ3n) is 3.34. The number of halogens is 1. The van der Waals surface area contributed by atoms with Gasteiger partial charge in [-0.2, -0.15) is 0 Å². The van der Waals surface area contributed by atoms with Crippen LogP contribution in [0.25, 0.3) is 0 Å². The number of benzene rings is 1. The van der Waals surface area contributed by atoms with E-state index in [-0.39, 0.29) is 16.8 Å². The quantitative estimate of drug-likeness (QED) is 0.878. The lowest BCUT2D eigenvalue weighted by atomic mass is 10.1. The zero-order valence-corrected chi connectivity index (χ0v) is 12.2. The summed E-state index contributed by atoms with van der Waals surface area (Å²) in [5.41, 5.74) is 7.64. The lowest BCUT2D eigenvalue weighted by molar-refractivity contribution is 0.585. The smallest absolute Gasteiger partial charge is 0.128 e. The molecule has 104 valence electrons. The van der Waals surface area contributed by atoms with Gasteiger partial charge in [0.15, 0.2) is 0 Å². The van der Waals surface area contributed by atoms with Gasteiger partial charge in [-0.05, 0) is 25.1 Å². The predicted molar refractivity (Wildman–Crippen MR) is 83.3 cm³/mol. The van der Waals surface area contributed by atoms with Crippen LogP contribution in [0, 0.1) is 5.82 Å². The molecule has 0 aliphatic rings. The molecule has 3 nitrogen and oxygen atoms in total. The van der Waals surface area contributed by atoms with Crippen molar-refractivity contribution in [3.05, 3.63) is 59.7 Å². The second-order valence-corrected chi connectivity index (χ2v) is 4.98. The first kappa shape index (κ1) is 14.4. The molecule has 0 spiro atoms. The van der Waals surface area contributed by atoms with E-state index in [0.717, 1.165) is 5.69 Å². The number of anilines is 1. The highest BCUT2D eigenvalue weighted by Gasteiger charge is 2.19.